The molecule has 3 unspecified atom stereocenters. The summed E-state index contributed by atoms with van der Waals surface area (Å²) in [5.74, 6) is -1.61. The molecule has 1 aliphatic heterocycles. The Kier molecular flexibility index (Phi) is 4.47. The van der Waals surface area contributed by atoms with Crippen molar-refractivity contribution in [1.29, 1.82) is 0 Å². The molecule has 1 amide bonds. The molecule has 1 fully saturated rings. The quantitative estimate of drug-likeness (QED) is 0.617. The number of aliphatic carboxylic acids is 1. The Bertz CT molecular complexity index is 300. The molecule has 98 valence electrons. The van der Waals surface area contributed by atoms with E-state index in [2.05, 4.69) is 5.32 Å². The average Bonchev–Trinajstić information content (AvgIpc) is 2.72. The summed E-state index contributed by atoms with van der Waals surface area (Å²) < 4.78 is 5.08. The molecule has 0 aromatic rings. The molecular weight excluding hydrogens is 224 g/mol. The van der Waals surface area contributed by atoms with Gasteiger partial charge in [0.05, 0.1) is 6.61 Å². The molecule has 0 aromatic heterocycles. The van der Waals surface area contributed by atoms with E-state index in [9.17, 15) is 9.59 Å². The summed E-state index contributed by atoms with van der Waals surface area (Å²) in [5, 5.41) is 11.6. The van der Waals surface area contributed by atoms with E-state index in [1.165, 1.54) is 0 Å². The van der Waals surface area contributed by atoms with Crippen LogP contribution in [0.4, 0.5) is 0 Å². The Balaban J connectivity index is 2.67. The standard InChI is InChI=1S/C11H20N2O4/c1-3-7(2)8(9(14)15)13-10(16)11(12)4-5-17-6-11/h7-8H,3-6,12H2,1-2H3,(H,13,16)(H,14,15). The lowest BCUT2D eigenvalue weighted by molar-refractivity contribution is -0.144. The smallest absolute Gasteiger partial charge is 0.326 e. The van der Waals surface area contributed by atoms with Gasteiger partial charge in [0.25, 0.3) is 0 Å². The van der Waals surface area contributed by atoms with Gasteiger partial charge in [0, 0.05) is 6.61 Å². The van der Waals surface area contributed by atoms with Gasteiger partial charge >= 0.3 is 5.97 Å². The number of carboxylic acid groups (broad SMARTS) is 1. The Morgan fingerprint density at radius 2 is 2.24 bits per heavy atom. The minimum absolute atomic E-state index is 0.137. The second-order valence-corrected chi connectivity index (χ2v) is 4.63. The highest BCUT2D eigenvalue weighted by molar-refractivity contribution is 5.90. The predicted octanol–water partition coefficient (Wildman–Crippen LogP) is -0.280. The second-order valence-electron chi connectivity index (χ2n) is 4.63. The number of carbonyl (C=O) groups is 2. The van der Waals surface area contributed by atoms with Gasteiger partial charge in [-0.1, -0.05) is 20.3 Å². The molecule has 0 spiro atoms. The van der Waals surface area contributed by atoms with Gasteiger partial charge < -0.3 is 20.9 Å². The monoisotopic (exact) mass is 244 g/mol. The van der Waals surface area contributed by atoms with Crippen LogP contribution in [0.1, 0.15) is 26.7 Å². The van der Waals surface area contributed by atoms with Crippen molar-refractivity contribution >= 4 is 11.9 Å². The van der Waals surface area contributed by atoms with E-state index in [0.717, 1.165) is 0 Å². The summed E-state index contributed by atoms with van der Waals surface area (Å²) in [6, 6.07) is -0.895. The molecule has 1 aliphatic rings. The van der Waals surface area contributed by atoms with Crippen LogP contribution < -0.4 is 11.1 Å². The van der Waals surface area contributed by atoms with Crippen molar-refractivity contribution in [2.75, 3.05) is 13.2 Å². The molecule has 6 nitrogen and oxygen atoms in total. The van der Waals surface area contributed by atoms with Gasteiger partial charge in [0.15, 0.2) is 0 Å². The summed E-state index contributed by atoms with van der Waals surface area (Å²) >= 11 is 0. The highest BCUT2D eigenvalue weighted by atomic mass is 16.5. The van der Waals surface area contributed by atoms with Crippen molar-refractivity contribution in [1.82, 2.24) is 5.32 Å². The van der Waals surface area contributed by atoms with Crippen LogP contribution in [-0.2, 0) is 14.3 Å². The van der Waals surface area contributed by atoms with Crippen LogP contribution >= 0.6 is 0 Å². The third-order valence-corrected chi connectivity index (χ3v) is 3.27. The van der Waals surface area contributed by atoms with E-state index < -0.39 is 23.5 Å². The Labute approximate surface area is 101 Å². The van der Waals surface area contributed by atoms with Gasteiger partial charge in [-0.15, -0.1) is 0 Å². The zero-order valence-corrected chi connectivity index (χ0v) is 10.2. The normalized spacial score (nSPS) is 27.5. The van der Waals surface area contributed by atoms with Crippen LogP contribution in [0.3, 0.4) is 0 Å². The third kappa shape index (κ3) is 3.17. The van der Waals surface area contributed by atoms with E-state index in [-0.39, 0.29) is 12.5 Å². The van der Waals surface area contributed by atoms with Crippen LogP contribution in [0.15, 0.2) is 0 Å². The zero-order chi connectivity index (χ0) is 13.1. The molecule has 0 aromatic carbocycles. The highest BCUT2D eigenvalue weighted by Gasteiger charge is 2.40. The lowest BCUT2D eigenvalue weighted by atomic mass is 9.95. The highest BCUT2D eigenvalue weighted by Crippen LogP contribution is 2.17. The number of hydrogen-bond acceptors (Lipinski definition) is 4. The number of hydrogen-bond donors (Lipinski definition) is 3. The van der Waals surface area contributed by atoms with E-state index in [1.807, 2.05) is 6.92 Å². The van der Waals surface area contributed by atoms with Gasteiger partial charge in [0.1, 0.15) is 11.6 Å². The maximum atomic E-state index is 11.9. The molecule has 1 saturated heterocycles. The first-order valence-electron chi connectivity index (χ1n) is 5.81. The molecule has 6 heteroatoms. The topological polar surface area (TPSA) is 102 Å². The molecule has 0 saturated carbocycles. The SMILES string of the molecule is CCC(C)C(NC(=O)C1(N)CCOC1)C(=O)O. The van der Waals surface area contributed by atoms with Crippen molar-refractivity contribution in [2.45, 2.75) is 38.3 Å². The minimum Gasteiger partial charge on any atom is -0.480 e. The third-order valence-electron chi connectivity index (χ3n) is 3.27. The fraction of sp³-hybridized carbons (Fsp3) is 0.818. The fourth-order valence-corrected chi connectivity index (χ4v) is 1.73. The van der Waals surface area contributed by atoms with Gasteiger partial charge in [-0.3, -0.25) is 4.79 Å². The minimum atomic E-state index is -1.08. The number of carbonyl (C=O) groups excluding carboxylic acids is 1. The number of nitrogens with one attached hydrogen (secondary N) is 1. The van der Waals surface area contributed by atoms with E-state index in [4.69, 9.17) is 15.6 Å². The van der Waals surface area contributed by atoms with Crippen LogP contribution in [-0.4, -0.2) is 41.8 Å². The van der Waals surface area contributed by atoms with Crippen molar-refractivity contribution < 1.29 is 19.4 Å². The molecule has 0 radical (unpaired) electrons. The number of rotatable bonds is 5. The molecule has 0 aliphatic carbocycles. The van der Waals surface area contributed by atoms with Crippen molar-refractivity contribution in [3.8, 4) is 0 Å². The zero-order valence-electron chi connectivity index (χ0n) is 10.2. The number of ether oxygens (including phenoxy) is 1. The van der Waals surface area contributed by atoms with Crippen LogP contribution in [0, 0.1) is 5.92 Å². The summed E-state index contributed by atoms with van der Waals surface area (Å²) in [6.07, 6.45) is 1.09. The number of nitrogens with two attached hydrogens (primary N) is 1. The van der Waals surface area contributed by atoms with Crippen LogP contribution in [0.5, 0.6) is 0 Å². The Hall–Kier alpha value is -1.14. The molecule has 17 heavy (non-hydrogen) atoms. The molecule has 3 atom stereocenters. The van der Waals surface area contributed by atoms with Crippen molar-refractivity contribution in [2.24, 2.45) is 11.7 Å². The summed E-state index contributed by atoms with van der Waals surface area (Å²) in [6.45, 7) is 4.24. The fourth-order valence-electron chi connectivity index (χ4n) is 1.73. The lowest BCUT2D eigenvalue weighted by Gasteiger charge is -2.26. The first-order chi connectivity index (χ1) is 7.90. The molecule has 1 heterocycles. The molecule has 0 bridgehead atoms. The van der Waals surface area contributed by atoms with Gasteiger partial charge in [-0.05, 0) is 12.3 Å². The van der Waals surface area contributed by atoms with Crippen LogP contribution in [0.25, 0.3) is 0 Å². The first-order valence-corrected chi connectivity index (χ1v) is 5.81. The lowest BCUT2D eigenvalue weighted by Crippen LogP contribution is -2.59. The van der Waals surface area contributed by atoms with Crippen LogP contribution in [0.2, 0.25) is 0 Å². The molecule has 1 rings (SSSR count). The second kappa shape index (κ2) is 5.46. The van der Waals surface area contributed by atoms with E-state index >= 15 is 0 Å². The number of carboxylic acids is 1. The van der Waals surface area contributed by atoms with Gasteiger partial charge in [-0.2, -0.15) is 0 Å². The molecule has 4 N–H and O–H groups in total. The van der Waals surface area contributed by atoms with Gasteiger partial charge in [-0.25, -0.2) is 4.79 Å². The van der Waals surface area contributed by atoms with Crippen molar-refractivity contribution in [3.63, 3.8) is 0 Å². The van der Waals surface area contributed by atoms with Crippen molar-refractivity contribution in [3.05, 3.63) is 0 Å². The first kappa shape index (κ1) is 13.9. The molecular formula is C11H20N2O4. The number of amides is 1. The summed E-state index contributed by atoms with van der Waals surface area (Å²) in [5.41, 5.74) is 4.78. The van der Waals surface area contributed by atoms with E-state index in [1.54, 1.807) is 6.92 Å². The average molecular weight is 244 g/mol. The maximum Gasteiger partial charge on any atom is 0.326 e. The summed E-state index contributed by atoms with van der Waals surface area (Å²) in [4.78, 5) is 23.0. The maximum absolute atomic E-state index is 11.9. The predicted molar refractivity (Wildman–Crippen MR) is 61.4 cm³/mol. The largest absolute Gasteiger partial charge is 0.480 e. The Morgan fingerprint density at radius 3 is 2.65 bits per heavy atom. The van der Waals surface area contributed by atoms with Gasteiger partial charge in [0.2, 0.25) is 5.91 Å². The Morgan fingerprint density at radius 1 is 1.59 bits per heavy atom. The van der Waals surface area contributed by atoms with E-state index in [0.29, 0.717) is 19.4 Å². The summed E-state index contributed by atoms with van der Waals surface area (Å²) in [7, 11) is 0.